The molecule has 0 aliphatic carbocycles. The van der Waals surface area contributed by atoms with Crippen LogP contribution in [0.15, 0.2) is 65.8 Å². The van der Waals surface area contributed by atoms with Gasteiger partial charge in [0.25, 0.3) is 0 Å². The van der Waals surface area contributed by atoms with Gasteiger partial charge in [-0.1, -0.05) is 111 Å². The summed E-state index contributed by atoms with van der Waals surface area (Å²) in [4.78, 5) is 22.7. The Morgan fingerprint density at radius 1 is 0.857 bits per heavy atom. The zero-order chi connectivity index (χ0) is 24.7. The molecule has 2 N–H and O–H groups in total. The number of unbranched alkanes of at least 4 members (excludes halogenated alkanes) is 6. The van der Waals surface area contributed by atoms with Gasteiger partial charge in [0.15, 0.2) is 5.16 Å². The fraction of sp³-hybridized carbons (Fsp3) is 0.448. The molecule has 0 aliphatic heterocycles. The van der Waals surface area contributed by atoms with Gasteiger partial charge in [0.1, 0.15) is 0 Å². The lowest BCUT2D eigenvalue weighted by Gasteiger charge is -2.22. The van der Waals surface area contributed by atoms with E-state index in [2.05, 4.69) is 65.8 Å². The summed E-state index contributed by atoms with van der Waals surface area (Å²) >= 11 is 1.78. The van der Waals surface area contributed by atoms with E-state index in [-0.39, 0.29) is 6.03 Å². The molecule has 0 saturated carbocycles. The van der Waals surface area contributed by atoms with Crippen LogP contribution in [0.1, 0.15) is 58.3 Å². The highest BCUT2D eigenvalue weighted by molar-refractivity contribution is 7.99. The lowest BCUT2D eigenvalue weighted by atomic mass is 10.1. The van der Waals surface area contributed by atoms with Gasteiger partial charge in [-0.3, -0.25) is 0 Å². The molecule has 0 fully saturated rings. The third-order valence-corrected chi connectivity index (χ3v) is 7.10. The highest BCUT2D eigenvalue weighted by Gasteiger charge is 2.14. The van der Waals surface area contributed by atoms with E-state index in [4.69, 9.17) is 4.98 Å². The first-order chi connectivity index (χ1) is 17.2. The van der Waals surface area contributed by atoms with Crippen LogP contribution in [0.5, 0.6) is 0 Å². The Morgan fingerprint density at radius 3 is 2.09 bits per heavy atom. The molecular weight excluding hydrogens is 452 g/mol. The van der Waals surface area contributed by atoms with Crippen LogP contribution in [0.4, 0.5) is 4.79 Å². The smallest absolute Gasteiger partial charge is 0.317 e. The Labute approximate surface area is 215 Å². The fourth-order valence-corrected chi connectivity index (χ4v) is 5.04. The first-order valence-electron chi connectivity index (χ1n) is 13.0. The van der Waals surface area contributed by atoms with E-state index in [9.17, 15) is 4.79 Å². The SMILES string of the molecule is CCCCCCCN(CCCCCSc1nc(-c2ccccc2)c(-c2ccccc2)[nH]1)C(=O)NC. The third-order valence-electron chi connectivity index (χ3n) is 6.14. The number of benzene rings is 2. The minimum absolute atomic E-state index is 0.0485. The van der Waals surface area contributed by atoms with Gasteiger partial charge in [-0.25, -0.2) is 9.78 Å². The summed E-state index contributed by atoms with van der Waals surface area (Å²) in [6.45, 7) is 3.91. The van der Waals surface area contributed by atoms with E-state index in [1.807, 2.05) is 17.0 Å². The maximum atomic E-state index is 12.2. The largest absolute Gasteiger partial charge is 0.341 e. The number of carbonyl (C=O) groups is 1. The van der Waals surface area contributed by atoms with Crippen molar-refractivity contribution in [1.29, 1.82) is 0 Å². The molecule has 2 amide bonds. The van der Waals surface area contributed by atoms with Crippen molar-refractivity contribution in [2.75, 3.05) is 25.9 Å². The molecule has 0 bridgehead atoms. The first kappa shape index (κ1) is 26.9. The molecule has 0 spiro atoms. The number of thioether (sulfide) groups is 1. The van der Waals surface area contributed by atoms with Crippen LogP contribution in [0.25, 0.3) is 22.5 Å². The second-order valence-corrected chi connectivity index (χ2v) is 9.95. The van der Waals surface area contributed by atoms with Crippen molar-refractivity contribution in [3.05, 3.63) is 60.7 Å². The maximum Gasteiger partial charge on any atom is 0.317 e. The van der Waals surface area contributed by atoms with Gasteiger partial charge in [-0.15, -0.1) is 0 Å². The Kier molecular flexibility index (Phi) is 11.7. The van der Waals surface area contributed by atoms with Crippen molar-refractivity contribution >= 4 is 17.8 Å². The number of urea groups is 1. The first-order valence-corrected chi connectivity index (χ1v) is 14.0. The van der Waals surface area contributed by atoms with Gasteiger partial charge >= 0.3 is 6.03 Å². The van der Waals surface area contributed by atoms with Crippen LogP contribution in [-0.2, 0) is 0 Å². The lowest BCUT2D eigenvalue weighted by molar-refractivity contribution is 0.197. The number of aromatic nitrogens is 2. The number of amides is 2. The number of hydrogen-bond donors (Lipinski definition) is 2. The molecule has 188 valence electrons. The molecule has 3 rings (SSSR count). The number of H-pyrrole nitrogens is 1. The maximum absolute atomic E-state index is 12.2. The molecule has 1 heterocycles. The Morgan fingerprint density at radius 2 is 1.46 bits per heavy atom. The van der Waals surface area contributed by atoms with E-state index in [0.29, 0.717) is 0 Å². The van der Waals surface area contributed by atoms with Crippen molar-refractivity contribution in [1.82, 2.24) is 20.2 Å². The van der Waals surface area contributed by atoms with Gasteiger partial charge in [0, 0.05) is 37.0 Å². The standard InChI is InChI=1S/C29H40N4OS/c1-3-4-5-6-14-21-33(29(34)30-2)22-15-9-16-23-35-28-31-26(24-17-10-7-11-18-24)27(32-28)25-19-12-8-13-20-25/h7-8,10-13,17-20H,3-6,9,14-16,21-23H2,1-2H3,(H,30,34)(H,31,32). The molecular formula is C29H40N4OS. The third kappa shape index (κ3) is 8.77. The minimum Gasteiger partial charge on any atom is -0.341 e. The second-order valence-electron chi connectivity index (χ2n) is 8.86. The molecule has 0 atom stereocenters. The van der Waals surface area contributed by atoms with Gasteiger partial charge in [-0.2, -0.15) is 0 Å². The van der Waals surface area contributed by atoms with Gasteiger partial charge in [0.05, 0.1) is 11.4 Å². The summed E-state index contributed by atoms with van der Waals surface area (Å²) < 4.78 is 0. The van der Waals surface area contributed by atoms with Crippen molar-refractivity contribution in [2.45, 2.75) is 63.4 Å². The predicted molar refractivity (Wildman–Crippen MR) is 149 cm³/mol. The van der Waals surface area contributed by atoms with E-state index in [0.717, 1.165) is 72.2 Å². The average molecular weight is 493 g/mol. The zero-order valence-corrected chi connectivity index (χ0v) is 22.1. The van der Waals surface area contributed by atoms with Crippen LogP contribution in [0.2, 0.25) is 0 Å². The predicted octanol–water partition coefficient (Wildman–Crippen LogP) is 7.62. The van der Waals surface area contributed by atoms with E-state index in [1.54, 1.807) is 18.8 Å². The second kappa shape index (κ2) is 15.3. The molecule has 0 radical (unpaired) electrons. The molecule has 35 heavy (non-hydrogen) atoms. The Hall–Kier alpha value is -2.73. The molecule has 5 nitrogen and oxygen atoms in total. The molecule has 6 heteroatoms. The Balaban J connectivity index is 1.47. The van der Waals surface area contributed by atoms with E-state index >= 15 is 0 Å². The van der Waals surface area contributed by atoms with Gasteiger partial charge < -0.3 is 15.2 Å². The van der Waals surface area contributed by atoms with Crippen LogP contribution >= 0.6 is 11.8 Å². The summed E-state index contributed by atoms with van der Waals surface area (Å²) in [5.74, 6) is 1.01. The van der Waals surface area contributed by atoms with Crippen molar-refractivity contribution in [3.63, 3.8) is 0 Å². The summed E-state index contributed by atoms with van der Waals surface area (Å²) in [7, 11) is 1.72. The zero-order valence-electron chi connectivity index (χ0n) is 21.3. The quantitative estimate of drug-likeness (QED) is 0.169. The number of hydrogen-bond acceptors (Lipinski definition) is 3. The Bertz CT molecular complexity index is 933. The van der Waals surface area contributed by atoms with Crippen molar-refractivity contribution < 1.29 is 4.79 Å². The summed E-state index contributed by atoms with van der Waals surface area (Å²) in [5, 5.41) is 3.76. The normalized spacial score (nSPS) is 10.9. The number of nitrogens with zero attached hydrogens (tertiary/aromatic N) is 2. The fourth-order valence-electron chi connectivity index (χ4n) is 4.17. The van der Waals surface area contributed by atoms with Gasteiger partial charge in [-0.05, 0) is 19.3 Å². The highest BCUT2D eigenvalue weighted by atomic mass is 32.2. The summed E-state index contributed by atoms with van der Waals surface area (Å²) in [6.07, 6.45) is 9.33. The number of aromatic amines is 1. The van der Waals surface area contributed by atoms with Crippen LogP contribution < -0.4 is 5.32 Å². The number of rotatable bonds is 15. The van der Waals surface area contributed by atoms with Crippen LogP contribution in [0.3, 0.4) is 0 Å². The van der Waals surface area contributed by atoms with E-state index in [1.165, 1.54) is 25.7 Å². The molecule has 2 aromatic carbocycles. The highest BCUT2D eigenvalue weighted by Crippen LogP contribution is 2.32. The number of imidazole rings is 1. The van der Waals surface area contributed by atoms with Crippen molar-refractivity contribution in [2.24, 2.45) is 0 Å². The van der Waals surface area contributed by atoms with E-state index < -0.39 is 0 Å². The van der Waals surface area contributed by atoms with Crippen LogP contribution in [0, 0.1) is 0 Å². The topological polar surface area (TPSA) is 61.0 Å². The molecule has 3 aromatic rings. The minimum atomic E-state index is 0.0485. The number of carbonyl (C=O) groups excluding carboxylic acids is 1. The van der Waals surface area contributed by atoms with Crippen molar-refractivity contribution in [3.8, 4) is 22.5 Å². The lowest BCUT2D eigenvalue weighted by Crippen LogP contribution is -2.39. The molecule has 0 aliphatic rings. The average Bonchev–Trinajstić information content (AvgIpc) is 3.34. The summed E-state index contributed by atoms with van der Waals surface area (Å²) in [5.41, 5.74) is 4.34. The molecule has 0 unspecified atom stereocenters. The van der Waals surface area contributed by atoms with Gasteiger partial charge in [0.2, 0.25) is 0 Å². The monoisotopic (exact) mass is 492 g/mol. The van der Waals surface area contributed by atoms with Crippen LogP contribution in [-0.4, -0.2) is 46.8 Å². The molecule has 0 saturated heterocycles. The number of nitrogens with one attached hydrogen (secondary N) is 2. The molecule has 1 aromatic heterocycles. The summed E-state index contributed by atoms with van der Waals surface area (Å²) in [6, 6.07) is 20.8.